The number of alkyl halides is 3. The fourth-order valence-corrected chi connectivity index (χ4v) is 5.34. The summed E-state index contributed by atoms with van der Waals surface area (Å²) in [6.07, 6.45) is -3.10. The van der Waals surface area contributed by atoms with Crippen LogP contribution in [0.15, 0.2) is 109 Å². The average molecular weight is 776 g/mol. The Kier molecular flexibility index (Phi) is 9.71. The molecule has 0 unspecified atom stereocenters. The van der Waals surface area contributed by atoms with Gasteiger partial charge in [0.05, 0.1) is 16.9 Å². The molecule has 5 aromatic carbocycles. The summed E-state index contributed by atoms with van der Waals surface area (Å²) >= 11 is 0. The van der Waals surface area contributed by atoms with Crippen molar-refractivity contribution in [1.29, 1.82) is 0 Å². The third-order valence-corrected chi connectivity index (χ3v) is 7.36. The summed E-state index contributed by atoms with van der Waals surface area (Å²) < 4.78 is 37.4. The normalized spacial score (nSPS) is 11.2. The van der Waals surface area contributed by atoms with Crippen LogP contribution in [0.3, 0.4) is 0 Å². The molecule has 0 aliphatic heterocycles. The van der Waals surface area contributed by atoms with Crippen LogP contribution in [0.4, 0.5) is 13.2 Å². The molecule has 1 radical (unpaired) electrons. The van der Waals surface area contributed by atoms with Crippen molar-refractivity contribution in [3.63, 3.8) is 0 Å². The Balaban J connectivity index is 0.000000176. The molecule has 0 aliphatic rings. The van der Waals surface area contributed by atoms with E-state index in [9.17, 15) is 13.2 Å². The summed E-state index contributed by atoms with van der Waals surface area (Å²) in [7, 11) is 0. The Morgan fingerprint density at radius 1 is 0.711 bits per heavy atom. The maximum Gasteiger partial charge on any atom is 0.389 e. The van der Waals surface area contributed by atoms with Gasteiger partial charge in [-0.25, -0.2) is 0 Å². The molecule has 0 amide bonds. The Morgan fingerprint density at radius 2 is 1.51 bits per heavy atom. The third kappa shape index (κ3) is 7.62. The van der Waals surface area contributed by atoms with Crippen molar-refractivity contribution in [2.75, 3.05) is 0 Å². The molecule has 0 atom stereocenters. The molecule has 0 spiro atoms. The van der Waals surface area contributed by atoms with Crippen LogP contribution >= 0.6 is 0 Å². The number of aromatic nitrogens is 3. The van der Waals surface area contributed by atoms with Gasteiger partial charge in [0.25, 0.3) is 0 Å². The maximum atomic E-state index is 12.5. The summed E-state index contributed by atoms with van der Waals surface area (Å²) in [4.78, 5) is 13.8. The number of halogens is 3. The standard InChI is InChI=1S/C20H17F3N.C18H11N2.Ir/c1-13-10-14(2)12-16(11-13)18-7-6-17-15(8-9-20(21,22)23)4-3-5-19(17)24-18;1-2-7-14(8-3-1)18-19-12-16-15-9-5-4-6-13(15)10-11-17(16)20-18;/h3-7,10-11H,8-9H2,1-2H3;1-7,9-12H;/q2*-1;. The van der Waals surface area contributed by atoms with Gasteiger partial charge in [0.15, 0.2) is 0 Å². The topological polar surface area (TPSA) is 38.7 Å². The minimum atomic E-state index is -4.15. The van der Waals surface area contributed by atoms with E-state index in [0.29, 0.717) is 16.9 Å². The van der Waals surface area contributed by atoms with Crippen LogP contribution in [-0.2, 0) is 26.5 Å². The second-order valence-corrected chi connectivity index (χ2v) is 10.7. The van der Waals surface area contributed by atoms with Gasteiger partial charge in [0.2, 0.25) is 0 Å². The van der Waals surface area contributed by atoms with Crippen LogP contribution in [0.2, 0.25) is 0 Å². The molecule has 0 aliphatic carbocycles. The number of hydrogen-bond acceptors (Lipinski definition) is 3. The van der Waals surface area contributed by atoms with E-state index in [1.165, 1.54) is 10.8 Å². The first-order valence-electron chi connectivity index (χ1n) is 14.3. The van der Waals surface area contributed by atoms with Gasteiger partial charge in [0, 0.05) is 43.5 Å². The number of fused-ring (bicyclic) bond motifs is 4. The van der Waals surface area contributed by atoms with Crippen molar-refractivity contribution in [2.45, 2.75) is 32.9 Å². The van der Waals surface area contributed by atoms with Crippen LogP contribution in [0.5, 0.6) is 0 Å². The minimum Gasteiger partial charge on any atom is -0.296 e. The molecule has 0 saturated carbocycles. The molecule has 0 bridgehead atoms. The van der Waals surface area contributed by atoms with Crippen LogP contribution in [-0.4, -0.2) is 21.1 Å². The van der Waals surface area contributed by atoms with Crippen LogP contribution in [0.25, 0.3) is 55.2 Å². The van der Waals surface area contributed by atoms with E-state index in [1.807, 2.05) is 92.8 Å². The third-order valence-electron chi connectivity index (χ3n) is 7.36. The Hall–Kier alpha value is -4.45. The van der Waals surface area contributed by atoms with Gasteiger partial charge < -0.3 is 0 Å². The van der Waals surface area contributed by atoms with E-state index in [2.05, 4.69) is 45.3 Å². The van der Waals surface area contributed by atoms with E-state index in [0.717, 1.165) is 44.2 Å². The second kappa shape index (κ2) is 13.7. The molecule has 2 aromatic heterocycles. The predicted octanol–water partition coefficient (Wildman–Crippen LogP) is 10.1. The van der Waals surface area contributed by atoms with Crippen molar-refractivity contribution in [1.82, 2.24) is 15.0 Å². The fraction of sp³-hybridized carbons (Fsp3) is 0.132. The van der Waals surface area contributed by atoms with Crippen LogP contribution < -0.4 is 0 Å². The molecule has 7 heteroatoms. The summed E-state index contributed by atoms with van der Waals surface area (Å²) in [5.74, 6) is 0.716. The van der Waals surface area contributed by atoms with Gasteiger partial charge in [-0.2, -0.15) is 13.2 Å². The largest absolute Gasteiger partial charge is 0.389 e. The SMILES string of the molecule is Cc1[c-]c(-c2ccc3c(CCC(F)(F)F)cccc3n2)cc(C)c1.[Ir].[c-]1ccccc1-c1ncc2c(ccc3ccccc32)n1. The van der Waals surface area contributed by atoms with E-state index < -0.39 is 12.6 Å². The summed E-state index contributed by atoms with van der Waals surface area (Å²) in [5.41, 5.74) is 7.10. The molecule has 7 aromatic rings. The number of rotatable bonds is 4. The summed E-state index contributed by atoms with van der Waals surface area (Å²) in [6.45, 7) is 3.99. The van der Waals surface area contributed by atoms with Gasteiger partial charge >= 0.3 is 6.18 Å². The zero-order valence-corrected chi connectivity index (χ0v) is 27.0. The molecule has 0 N–H and O–H groups in total. The van der Waals surface area contributed by atoms with Gasteiger partial charge in [-0.1, -0.05) is 68.4 Å². The molecule has 2 heterocycles. The smallest absolute Gasteiger partial charge is 0.296 e. The van der Waals surface area contributed by atoms with Crippen molar-refractivity contribution in [3.8, 4) is 22.6 Å². The number of aryl methyl sites for hydroxylation is 3. The zero-order valence-electron chi connectivity index (χ0n) is 24.6. The molecule has 0 saturated heterocycles. The van der Waals surface area contributed by atoms with Crippen molar-refractivity contribution in [2.24, 2.45) is 0 Å². The summed E-state index contributed by atoms with van der Waals surface area (Å²) in [5, 5.41) is 4.26. The molecule has 7 rings (SSSR count). The molecule has 227 valence electrons. The molecule has 3 nitrogen and oxygen atoms in total. The van der Waals surface area contributed by atoms with Crippen molar-refractivity contribution in [3.05, 3.63) is 138 Å². The van der Waals surface area contributed by atoms with Crippen LogP contribution in [0, 0.1) is 26.0 Å². The van der Waals surface area contributed by atoms with E-state index in [4.69, 9.17) is 0 Å². The van der Waals surface area contributed by atoms with Crippen LogP contribution in [0.1, 0.15) is 23.1 Å². The molecular weight excluding hydrogens is 748 g/mol. The first kappa shape index (κ1) is 32.0. The number of hydrogen-bond donors (Lipinski definition) is 0. The van der Waals surface area contributed by atoms with Crippen molar-refractivity contribution < 1.29 is 33.3 Å². The van der Waals surface area contributed by atoms with Gasteiger partial charge in [-0.05, 0) is 40.6 Å². The van der Waals surface area contributed by atoms with Gasteiger partial charge in [-0.3, -0.25) is 15.0 Å². The number of pyridine rings is 1. The quantitative estimate of drug-likeness (QED) is 0.132. The molecule has 45 heavy (non-hydrogen) atoms. The van der Waals surface area contributed by atoms with E-state index in [-0.39, 0.29) is 26.5 Å². The fourth-order valence-electron chi connectivity index (χ4n) is 5.34. The zero-order chi connectivity index (χ0) is 30.7. The van der Waals surface area contributed by atoms with E-state index in [1.54, 1.807) is 12.1 Å². The second-order valence-electron chi connectivity index (χ2n) is 10.7. The first-order valence-corrected chi connectivity index (χ1v) is 14.3. The minimum absolute atomic E-state index is 0. The number of nitrogens with zero attached hydrogens (tertiary/aromatic N) is 3. The monoisotopic (exact) mass is 776 g/mol. The van der Waals surface area contributed by atoms with Gasteiger partial charge in [-0.15, -0.1) is 70.8 Å². The predicted molar refractivity (Wildman–Crippen MR) is 171 cm³/mol. The van der Waals surface area contributed by atoms with Crippen molar-refractivity contribution >= 4 is 32.6 Å². The molecule has 0 fully saturated rings. The van der Waals surface area contributed by atoms with E-state index >= 15 is 0 Å². The molecular formula is C38H28F3IrN3-2. The first-order chi connectivity index (χ1) is 21.2. The summed E-state index contributed by atoms with van der Waals surface area (Å²) in [6, 6.07) is 39.7. The Bertz CT molecular complexity index is 2070. The number of benzene rings is 5. The Labute approximate surface area is 273 Å². The maximum absolute atomic E-state index is 12.5. The van der Waals surface area contributed by atoms with Gasteiger partial charge in [0.1, 0.15) is 0 Å². The average Bonchev–Trinajstić information content (AvgIpc) is 3.03. The Morgan fingerprint density at radius 3 is 2.29 bits per heavy atom.